The van der Waals surface area contributed by atoms with Gasteiger partial charge in [-0.05, 0) is 48.9 Å². The number of nitrogens with zero attached hydrogens (tertiary/aromatic N) is 2. The highest BCUT2D eigenvalue weighted by molar-refractivity contribution is 7.99. The fourth-order valence-corrected chi connectivity index (χ4v) is 2.86. The van der Waals surface area contributed by atoms with Gasteiger partial charge in [0.05, 0.1) is 11.5 Å². The molecule has 3 aromatic rings. The molecule has 0 aliphatic heterocycles. The Labute approximate surface area is 161 Å². The summed E-state index contributed by atoms with van der Waals surface area (Å²) in [7, 11) is 0. The number of amides is 1. The van der Waals surface area contributed by atoms with Gasteiger partial charge in [-0.3, -0.25) is 4.79 Å². The number of thioether (sulfide) groups is 1. The Bertz CT molecular complexity index is 931. The fraction of sp³-hybridized carbons (Fsp3) is 0.150. The maximum Gasteiger partial charge on any atom is 0.257 e. The molecule has 2 aromatic carbocycles. The Hall–Kier alpha value is -3.06. The second-order valence-corrected chi connectivity index (χ2v) is 6.52. The van der Waals surface area contributed by atoms with Crippen molar-refractivity contribution in [1.82, 2.24) is 10.4 Å². The first kappa shape index (κ1) is 18.7. The zero-order chi connectivity index (χ0) is 19.1. The quantitative estimate of drug-likeness (QED) is 0.276. The van der Waals surface area contributed by atoms with Gasteiger partial charge in [-0.2, -0.15) is 5.10 Å². The summed E-state index contributed by atoms with van der Waals surface area (Å²) >= 11 is 1.23. The second-order valence-electron chi connectivity index (χ2n) is 5.59. The number of fused-ring (bicyclic) bond motifs is 1. The Morgan fingerprint density at radius 1 is 1.30 bits per heavy atom. The molecule has 3 rings (SSSR count). The van der Waals surface area contributed by atoms with Crippen molar-refractivity contribution in [2.45, 2.75) is 12.1 Å². The lowest BCUT2D eigenvalue weighted by Gasteiger charge is -2.05. The zero-order valence-corrected chi connectivity index (χ0v) is 15.7. The molecular weight excluding hydrogens is 362 g/mol. The number of ether oxygens (including phenoxy) is 1. The van der Waals surface area contributed by atoms with Crippen molar-refractivity contribution in [3.63, 3.8) is 0 Å². The van der Waals surface area contributed by atoms with Crippen LogP contribution in [0.1, 0.15) is 12.5 Å². The van der Waals surface area contributed by atoms with Crippen LogP contribution >= 0.6 is 11.8 Å². The molecule has 0 saturated heterocycles. The molecule has 0 aliphatic rings. The second kappa shape index (κ2) is 9.05. The van der Waals surface area contributed by atoms with E-state index in [-0.39, 0.29) is 11.7 Å². The highest BCUT2D eigenvalue weighted by Gasteiger charge is 2.09. The maximum atomic E-state index is 12.0. The fourth-order valence-electron chi connectivity index (χ4n) is 2.23. The van der Waals surface area contributed by atoms with Crippen LogP contribution in [0.5, 0.6) is 5.75 Å². The molecule has 0 unspecified atom stereocenters. The van der Waals surface area contributed by atoms with E-state index in [2.05, 4.69) is 22.1 Å². The van der Waals surface area contributed by atoms with E-state index in [1.165, 1.54) is 11.8 Å². The predicted octanol–water partition coefficient (Wildman–Crippen LogP) is 4.03. The summed E-state index contributed by atoms with van der Waals surface area (Å²) in [6.07, 6.45) is 1.69. The van der Waals surface area contributed by atoms with Crippen LogP contribution < -0.4 is 10.2 Å². The van der Waals surface area contributed by atoms with Gasteiger partial charge in [0.15, 0.2) is 5.58 Å². The number of oxazole rings is 1. The van der Waals surface area contributed by atoms with Gasteiger partial charge in [0.2, 0.25) is 0 Å². The van der Waals surface area contributed by atoms with E-state index >= 15 is 0 Å². The van der Waals surface area contributed by atoms with Crippen molar-refractivity contribution >= 4 is 34.5 Å². The number of para-hydroxylation sites is 2. The molecule has 138 valence electrons. The van der Waals surface area contributed by atoms with Gasteiger partial charge in [-0.1, -0.05) is 36.5 Å². The molecule has 1 heterocycles. The van der Waals surface area contributed by atoms with Gasteiger partial charge >= 0.3 is 0 Å². The number of carbonyl (C=O) groups is 1. The average molecular weight is 381 g/mol. The van der Waals surface area contributed by atoms with Crippen molar-refractivity contribution in [2.75, 3.05) is 12.4 Å². The van der Waals surface area contributed by atoms with E-state index in [1.807, 2.05) is 55.5 Å². The SMILES string of the molecule is C=CCOc1ccc(/C(C)=N\NC(=O)CSc2nc3ccccc3o2)cc1. The lowest BCUT2D eigenvalue weighted by atomic mass is 10.1. The lowest BCUT2D eigenvalue weighted by Crippen LogP contribution is -2.21. The normalized spacial score (nSPS) is 11.4. The summed E-state index contributed by atoms with van der Waals surface area (Å²) in [5.41, 5.74) is 5.62. The third kappa shape index (κ3) is 5.21. The van der Waals surface area contributed by atoms with E-state index in [9.17, 15) is 4.79 Å². The summed E-state index contributed by atoms with van der Waals surface area (Å²) < 4.78 is 11.0. The summed E-state index contributed by atoms with van der Waals surface area (Å²) in [6, 6.07) is 14.9. The minimum absolute atomic E-state index is 0.165. The molecule has 0 spiro atoms. The standard InChI is InChI=1S/C20H19N3O3S/c1-3-12-25-16-10-8-15(9-11-16)14(2)22-23-19(24)13-27-20-21-17-6-4-5-7-18(17)26-20/h3-11H,1,12-13H2,2H3,(H,23,24)/b22-14-. The van der Waals surface area contributed by atoms with Crippen molar-refractivity contribution in [3.05, 3.63) is 66.7 Å². The van der Waals surface area contributed by atoms with Gasteiger partial charge in [0.1, 0.15) is 17.9 Å². The smallest absolute Gasteiger partial charge is 0.257 e. The molecule has 1 amide bonds. The minimum Gasteiger partial charge on any atom is -0.490 e. The van der Waals surface area contributed by atoms with Crippen LogP contribution in [0.3, 0.4) is 0 Å². The molecule has 1 aromatic heterocycles. The highest BCUT2D eigenvalue weighted by atomic mass is 32.2. The molecule has 0 radical (unpaired) electrons. The van der Waals surface area contributed by atoms with Crippen LogP contribution in [0.4, 0.5) is 0 Å². The first-order chi connectivity index (χ1) is 13.2. The number of aromatic nitrogens is 1. The predicted molar refractivity (Wildman–Crippen MR) is 107 cm³/mol. The molecular formula is C20H19N3O3S. The van der Waals surface area contributed by atoms with E-state index in [0.717, 1.165) is 16.8 Å². The van der Waals surface area contributed by atoms with Crippen LogP contribution in [-0.4, -0.2) is 29.0 Å². The summed E-state index contributed by atoms with van der Waals surface area (Å²) in [4.78, 5) is 16.3. The maximum absolute atomic E-state index is 12.0. The van der Waals surface area contributed by atoms with Crippen LogP contribution in [-0.2, 0) is 4.79 Å². The summed E-state index contributed by atoms with van der Waals surface area (Å²) in [5.74, 6) is 0.690. The van der Waals surface area contributed by atoms with E-state index < -0.39 is 0 Å². The molecule has 0 aliphatic carbocycles. The number of benzene rings is 2. The summed E-state index contributed by atoms with van der Waals surface area (Å²) in [5, 5.41) is 4.60. The number of carbonyl (C=O) groups excluding carboxylic acids is 1. The van der Waals surface area contributed by atoms with E-state index in [0.29, 0.717) is 23.1 Å². The minimum atomic E-state index is -0.229. The number of nitrogens with one attached hydrogen (secondary N) is 1. The Balaban J connectivity index is 1.51. The van der Waals surface area contributed by atoms with Crippen LogP contribution in [0.2, 0.25) is 0 Å². The Morgan fingerprint density at radius 3 is 2.81 bits per heavy atom. The van der Waals surface area contributed by atoms with Crippen molar-refractivity contribution in [1.29, 1.82) is 0 Å². The van der Waals surface area contributed by atoms with Gasteiger partial charge in [-0.15, -0.1) is 0 Å². The van der Waals surface area contributed by atoms with Crippen LogP contribution in [0, 0.1) is 0 Å². The van der Waals surface area contributed by atoms with E-state index in [4.69, 9.17) is 9.15 Å². The topological polar surface area (TPSA) is 76.7 Å². The van der Waals surface area contributed by atoms with Crippen molar-refractivity contribution in [3.8, 4) is 5.75 Å². The Kier molecular flexibility index (Phi) is 6.27. The van der Waals surface area contributed by atoms with Crippen LogP contribution in [0.25, 0.3) is 11.1 Å². The summed E-state index contributed by atoms with van der Waals surface area (Å²) in [6.45, 7) is 5.90. The number of hydrogen-bond donors (Lipinski definition) is 1. The van der Waals surface area contributed by atoms with Crippen LogP contribution in [0.15, 0.2) is 75.9 Å². The average Bonchev–Trinajstić information content (AvgIpc) is 3.12. The monoisotopic (exact) mass is 381 g/mol. The number of hydrazone groups is 1. The first-order valence-electron chi connectivity index (χ1n) is 8.31. The zero-order valence-electron chi connectivity index (χ0n) is 14.8. The molecule has 0 bridgehead atoms. The van der Waals surface area contributed by atoms with Gasteiger partial charge in [0.25, 0.3) is 11.1 Å². The Morgan fingerprint density at radius 2 is 2.07 bits per heavy atom. The van der Waals surface area contributed by atoms with Gasteiger partial charge in [-0.25, -0.2) is 10.4 Å². The molecule has 0 atom stereocenters. The molecule has 7 heteroatoms. The number of rotatable bonds is 8. The number of hydrogen-bond acceptors (Lipinski definition) is 6. The molecule has 27 heavy (non-hydrogen) atoms. The molecule has 1 N–H and O–H groups in total. The first-order valence-corrected chi connectivity index (χ1v) is 9.30. The van der Waals surface area contributed by atoms with E-state index in [1.54, 1.807) is 6.08 Å². The largest absolute Gasteiger partial charge is 0.490 e. The highest BCUT2D eigenvalue weighted by Crippen LogP contribution is 2.22. The molecule has 0 saturated carbocycles. The third-order valence-electron chi connectivity index (χ3n) is 3.59. The third-order valence-corrected chi connectivity index (χ3v) is 4.42. The molecule has 0 fully saturated rings. The van der Waals surface area contributed by atoms with Crippen molar-refractivity contribution < 1.29 is 13.9 Å². The molecule has 6 nitrogen and oxygen atoms in total. The van der Waals surface area contributed by atoms with Gasteiger partial charge < -0.3 is 9.15 Å². The lowest BCUT2D eigenvalue weighted by molar-refractivity contribution is -0.118. The van der Waals surface area contributed by atoms with Gasteiger partial charge in [0, 0.05) is 0 Å². The van der Waals surface area contributed by atoms with Crippen molar-refractivity contribution in [2.24, 2.45) is 5.10 Å².